The SMILES string of the molecule is CC(=O)Oc1ccc(N2C(=O)[C@@H]3[C@H](C2=O)[C@H]2C=C[C@H]3C2=C(C)c2ccccc2)cc1[N+](=O)[O-]. The van der Waals surface area contributed by atoms with Gasteiger partial charge in [-0.15, -0.1) is 0 Å². The minimum absolute atomic E-state index is 0.103. The van der Waals surface area contributed by atoms with Crippen LogP contribution in [0.1, 0.15) is 19.4 Å². The van der Waals surface area contributed by atoms with E-state index >= 15 is 0 Å². The van der Waals surface area contributed by atoms with Gasteiger partial charge in [0.1, 0.15) is 0 Å². The van der Waals surface area contributed by atoms with Crippen molar-refractivity contribution in [2.45, 2.75) is 13.8 Å². The van der Waals surface area contributed by atoms with Gasteiger partial charge in [0.25, 0.3) is 0 Å². The van der Waals surface area contributed by atoms with E-state index in [9.17, 15) is 24.5 Å². The van der Waals surface area contributed by atoms with E-state index in [-0.39, 0.29) is 35.1 Å². The van der Waals surface area contributed by atoms with E-state index in [0.717, 1.165) is 34.6 Å². The molecule has 2 bridgehead atoms. The first-order valence-electron chi connectivity index (χ1n) is 10.6. The lowest BCUT2D eigenvalue weighted by Gasteiger charge is -2.20. The van der Waals surface area contributed by atoms with E-state index in [4.69, 9.17) is 4.74 Å². The minimum atomic E-state index is -0.705. The van der Waals surface area contributed by atoms with Crippen LogP contribution >= 0.6 is 0 Å². The molecule has 3 aliphatic rings. The zero-order chi connectivity index (χ0) is 23.4. The topological polar surface area (TPSA) is 107 Å². The minimum Gasteiger partial charge on any atom is -0.419 e. The summed E-state index contributed by atoms with van der Waals surface area (Å²) in [6.07, 6.45) is 3.99. The molecule has 1 aliphatic heterocycles. The van der Waals surface area contributed by atoms with Gasteiger partial charge < -0.3 is 4.74 Å². The van der Waals surface area contributed by atoms with Gasteiger partial charge in [0.15, 0.2) is 0 Å². The molecule has 166 valence electrons. The number of nitro benzene ring substituents is 1. The molecule has 8 heteroatoms. The quantitative estimate of drug-likeness (QED) is 0.177. The fourth-order valence-electron chi connectivity index (χ4n) is 5.40. The molecule has 1 heterocycles. The summed E-state index contributed by atoms with van der Waals surface area (Å²) in [7, 11) is 0. The molecule has 0 spiro atoms. The molecule has 0 radical (unpaired) electrons. The summed E-state index contributed by atoms with van der Waals surface area (Å²) in [6, 6.07) is 13.6. The number of fused-ring (bicyclic) bond motifs is 5. The van der Waals surface area contributed by atoms with Crippen molar-refractivity contribution in [1.29, 1.82) is 0 Å². The molecule has 8 nitrogen and oxygen atoms in total. The molecule has 2 amide bonds. The largest absolute Gasteiger partial charge is 0.419 e. The lowest BCUT2D eigenvalue weighted by Crippen LogP contribution is -2.33. The number of ether oxygens (including phenoxy) is 1. The Morgan fingerprint density at radius 2 is 1.58 bits per heavy atom. The van der Waals surface area contributed by atoms with Crippen molar-refractivity contribution in [3.05, 3.63) is 81.9 Å². The van der Waals surface area contributed by atoms with Crippen molar-refractivity contribution in [3.63, 3.8) is 0 Å². The van der Waals surface area contributed by atoms with Crippen molar-refractivity contribution in [2.75, 3.05) is 4.90 Å². The average Bonchev–Trinajstić information content (AvgIpc) is 3.43. The summed E-state index contributed by atoms with van der Waals surface area (Å²) < 4.78 is 4.89. The number of hydrogen-bond acceptors (Lipinski definition) is 6. The molecule has 2 aromatic carbocycles. The number of nitrogens with zero attached hydrogens (tertiary/aromatic N) is 2. The molecule has 0 unspecified atom stereocenters. The first kappa shape index (κ1) is 20.8. The van der Waals surface area contributed by atoms with Crippen LogP contribution in [0.2, 0.25) is 0 Å². The molecule has 1 saturated heterocycles. The third-order valence-electron chi connectivity index (χ3n) is 6.71. The van der Waals surface area contributed by atoms with Crippen LogP contribution in [0.5, 0.6) is 5.75 Å². The van der Waals surface area contributed by atoms with Crippen LogP contribution in [-0.2, 0) is 14.4 Å². The Labute approximate surface area is 189 Å². The highest BCUT2D eigenvalue weighted by Gasteiger charge is 2.62. The second-order valence-corrected chi connectivity index (χ2v) is 8.45. The maximum atomic E-state index is 13.4. The summed E-state index contributed by atoms with van der Waals surface area (Å²) in [4.78, 5) is 50.0. The van der Waals surface area contributed by atoms with Crippen molar-refractivity contribution in [1.82, 2.24) is 0 Å². The molecule has 2 fully saturated rings. The van der Waals surface area contributed by atoms with E-state index in [2.05, 4.69) is 0 Å². The predicted molar refractivity (Wildman–Crippen MR) is 119 cm³/mol. The van der Waals surface area contributed by atoms with Gasteiger partial charge in [-0.2, -0.15) is 0 Å². The molecule has 1 saturated carbocycles. The van der Waals surface area contributed by atoms with Crippen LogP contribution in [0.3, 0.4) is 0 Å². The van der Waals surface area contributed by atoms with E-state index < -0.39 is 28.4 Å². The zero-order valence-electron chi connectivity index (χ0n) is 17.9. The number of amides is 2. The van der Waals surface area contributed by atoms with E-state index in [1.807, 2.05) is 49.4 Å². The van der Waals surface area contributed by atoms with Gasteiger partial charge in [-0.25, -0.2) is 4.90 Å². The molecule has 0 N–H and O–H groups in total. The average molecular weight is 444 g/mol. The molecule has 0 aromatic heterocycles. The Bertz CT molecular complexity index is 1250. The predicted octanol–water partition coefficient (Wildman–Crippen LogP) is 3.92. The number of allylic oxidation sites excluding steroid dienone is 4. The standard InChI is InChI=1S/C25H20N2O6/c1-13(15-6-4-3-5-7-15)21-17-9-10-18(21)23-22(17)24(29)26(25(23)30)16-8-11-20(33-14(2)28)19(12-16)27(31)32/h3-12,17-18,22-23H,1-2H3/t17-,18-,22-,23+/m0/s1. The summed E-state index contributed by atoms with van der Waals surface area (Å²) in [5.41, 5.74) is 2.83. The van der Waals surface area contributed by atoms with Crippen LogP contribution in [0.4, 0.5) is 11.4 Å². The number of benzene rings is 2. The first-order valence-corrected chi connectivity index (χ1v) is 10.6. The lowest BCUT2D eigenvalue weighted by molar-refractivity contribution is -0.385. The second-order valence-electron chi connectivity index (χ2n) is 8.45. The Kier molecular flexibility index (Phi) is 4.74. The van der Waals surface area contributed by atoms with Crippen LogP contribution in [0.15, 0.2) is 66.3 Å². The van der Waals surface area contributed by atoms with Crippen molar-refractivity contribution >= 4 is 34.7 Å². The molecule has 4 atom stereocenters. The maximum absolute atomic E-state index is 13.4. The molecular formula is C25H20N2O6. The number of carbonyl (C=O) groups excluding carboxylic acids is 3. The highest BCUT2D eigenvalue weighted by Crippen LogP contribution is 2.58. The maximum Gasteiger partial charge on any atom is 0.313 e. The molecule has 5 rings (SSSR count). The Morgan fingerprint density at radius 1 is 0.970 bits per heavy atom. The van der Waals surface area contributed by atoms with E-state index in [0.29, 0.717) is 0 Å². The number of anilines is 1. The monoisotopic (exact) mass is 444 g/mol. The fraction of sp³-hybridized carbons (Fsp3) is 0.240. The lowest BCUT2D eigenvalue weighted by atomic mass is 9.85. The Morgan fingerprint density at radius 3 is 2.12 bits per heavy atom. The van der Waals surface area contributed by atoms with E-state index in [1.165, 1.54) is 12.1 Å². The number of carbonyl (C=O) groups is 3. The number of hydrogen-bond donors (Lipinski definition) is 0. The van der Waals surface area contributed by atoms with Crippen molar-refractivity contribution in [2.24, 2.45) is 23.7 Å². The first-order chi connectivity index (χ1) is 15.8. The fourth-order valence-corrected chi connectivity index (χ4v) is 5.40. The zero-order valence-corrected chi connectivity index (χ0v) is 17.9. The van der Waals surface area contributed by atoms with Gasteiger partial charge in [-0.3, -0.25) is 24.5 Å². The number of nitro groups is 1. The number of rotatable bonds is 4. The molecule has 2 aliphatic carbocycles. The normalized spacial score (nSPS) is 26.5. The molecule has 33 heavy (non-hydrogen) atoms. The third kappa shape index (κ3) is 3.09. The second kappa shape index (κ2) is 7.51. The van der Waals surface area contributed by atoms with Crippen LogP contribution in [0, 0.1) is 33.8 Å². The number of esters is 1. The highest BCUT2D eigenvalue weighted by atomic mass is 16.6. The van der Waals surface area contributed by atoms with Crippen LogP contribution in [0.25, 0.3) is 5.57 Å². The third-order valence-corrected chi connectivity index (χ3v) is 6.71. The summed E-state index contributed by atoms with van der Waals surface area (Å²) in [6.45, 7) is 3.15. The molecule has 2 aromatic rings. The van der Waals surface area contributed by atoms with Crippen LogP contribution in [-0.4, -0.2) is 22.7 Å². The van der Waals surface area contributed by atoms with Crippen molar-refractivity contribution in [3.8, 4) is 5.75 Å². The van der Waals surface area contributed by atoms with Gasteiger partial charge in [0.2, 0.25) is 17.6 Å². The summed E-state index contributed by atoms with van der Waals surface area (Å²) in [5, 5.41) is 11.5. The van der Waals surface area contributed by atoms with Gasteiger partial charge in [0, 0.05) is 24.8 Å². The van der Waals surface area contributed by atoms with Crippen molar-refractivity contribution < 1.29 is 24.0 Å². The highest BCUT2D eigenvalue weighted by molar-refractivity contribution is 6.23. The Balaban J connectivity index is 1.52. The summed E-state index contributed by atoms with van der Waals surface area (Å²) >= 11 is 0. The van der Waals surface area contributed by atoms with Gasteiger partial charge in [-0.1, -0.05) is 48.1 Å². The number of imide groups is 1. The van der Waals surface area contributed by atoms with E-state index in [1.54, 1.807) is 0 Å². The van der Waals surface area contributed by atoms with Crippen LogP contribution < -0.4 is 9.64 Å². The Hall–Kier alpha value is -4.07. The smallest absolute Gasteiger partial charge is 0.313 e. The van der Waals surface area contributed by atoms with Gasteiger partial charge in [-0.05, 0) is 30.2 Å². The van der Waals surface area contributed by atoms with Gasteiger partial charge in [0.05, 0.1) is 22.4 Å². The summed E-state index contributed by atoms with van der Waals surface area (Å²) in [5.74, 6) is -3.11. The van der Waals surface area contributed by atoms with Gasteiger partial charge >= 0.3 is 11.7 Å². The molecular weight excluding hydrogens is 424 g/mol.